The number of rotatable bonds is 3. The second-order valence-electron chi connectivity index (χ2n) is 4.10. The van der Waals surface area contributed by atoms with E-state index in [9.17, 15) is 4.79 Å². The number of amides is 2. The van der Waals surface area contributed by atoms with Crippen LogP contribution < -0.4 is 10.6 Å². The van der Waals surface area contributed by atoms with Crippen LogP contribution in [0.25, 0.3) is 0 Å². The van der Waals surface area contributed by atoms with E-state index in [0.29, 0.717) is 17.4 Å². The van der Waals surface area contributed by atoms with Crippen LogP contribution in [0.2, 0.25) is 5.02 Å². The van der Waals surface area contributed by atoms with Gasteiger partial charge in [-0.25, -0.2) is 9.78 Å². The average molecular weight is 276 g/mol. The van der Waals surface area contributed by atoms with Gasteiger partial charge in [-0.1, -0.05) is 29.8 Å². The quantitative estimate of drug-likeness (QED) is 0.902. The third-order valence-electron chi connectivity index (χ3n) is 2.61. The summed E-state index contributed by atoms with van der Waals surface area (Å²) in [6, 6.07) is 10.8. The van der Waals surface area contributed by atoms with Crippen molar-refractivity contribution in [3.05, 3.63) is 58.7 Å². The van der Waals surface area contributed by atoms with Gasteiger partial charge >= 0.3 is 6.03 Å². The third kappa shape index (κ3) is 3.96. The molecular formula is C14H14ClN3O. The van der Waals surface area contributed by atoms with E-state index in [1.807, 2.05) is 31.2 Å². The van der Waals surface area contributed by atoms with Crippen molar-refractivity contribution in [1.29, 1.82) is 0 Å². The van der Waals surface area contributed by atoms with Crippen LogP contribution in [0.3, 0.4) is 0 Å². The molecule has 1 aromatic carbocycles. The van der Waals surface area contributed by atoms with E-state index in [0.717, 1.165) is 11.1 Å². The van der Waals surface area contributed by atoms with E-state index in [1.54, 1.807) is 18.3 Å². The molecule has 0 bridgehead atoms. The predicted molar refractivity (Wildman–Crippen MR) is 76.3 cm³/mol. The first-order valence-corrected chi connectivity index (χ1v) is 6.24. The summed E-state index contributed by atoms with van der Waals surface area (Å²) in [6.07, 6.45) is 1.64. The largest absolute Gasteiger partial charge is 0.334 e. The van der Waals surface area contributed by atoms with Crippen LogP contribution >= 0.6 is 11.6 Å². The molecule has 0 radical (unpaired) electrons. The van der Waals surface area contributed by atoms with Gasteiger partial charge in [0.05, 0.1) is 0 Å². The number of aromatic nitrogens is 1. The number of hydrogen-bond acceptors (Lipinski definition) is 2. The van der Waals surface area contributed by atoms with Crippen LogP contribution in [-0.4, -0.2) is 11.0 Å². The predicted octanol–water partition coefficient (Wildman–Crippen LogP) is 3.37. The van der Waals surface area contributed by atoms with Crippen LogP contribution in [0.15, 0.2) is 42.6 Å². The maximum absolute atomic E-state index is 11.7. The van der Waals surface area contributed by atoms with Crippen molar-refractivity contribution in [3.8, 4) is 0 Å². The second-order valence-corrected chi connectivity index (χ2v) is 4.54. The molecule has 4 nitrogen and oxygen atoms in total. The lowest BCUT2D eigenvalue weighted by Crippen LogP contribution is -2.28. The molecule has 0 fully saturated rings. The number of hydrogen-bond donors (Lipinski definition) is 2. The van der Waals surface area contributed by atoms with Crippen LogP contribution in [0.4, 0.5) is 10.6 Å². The summed E-state index contributed by atoms with van der Waals surface area (Å²) in [6.45, 7) is 2.33. The Bertz CT molecular complexity index is 569. The summed E-state index contributed by atoms with van der Waals surface area (Å²) in [5.74, 6) is 0.566. The molecule has 0 aliphatic rings. The van der Waals surface area contributed by atoms with E-state index >= 15 is 0 Å². The molecule has 0 unspecified atom stereocenters. The fraction of sp³-hybridized carbons (Fsp3) is 0.143. The zero-order valence-corrected chi connectivity index (χ0v) is 11.2. The smallest absolute Gasteiger partial charge is 0.320 e. The highest BCUT2D eigenvalue weighted by Gasteiger charge is 2.04. The number of urea groups is 1. The fourth-order valence-electron chi connectivity index (χ4n) is 1.55. The van der Waals surface area contributed by atoms with Crippen molar-refractivity contribution in [3.63, 3.8) is 0 Å². The maximum atomic E-state index is 11.7. The van der Waals surface area contributed by atoms with E-state index in [4.69, 9.17) is 11.6 Å². The molecule has 5 heteroatoms. The summed E-state index contributed by atoms with van der Waals surface area (Å²) < 4.78 is 0. The Hall–Kier alpha value is -2.07. The molecule has 0 aliphatic carbocycles. The first-order chi connectivity index (χ1) is 9.15. The number of halogens is 1. The highest BCUT2D eigenvalue weighted by atomic mass is 35.5. The van der Waals surface area contributed by atoms with E-state index in [-0.39, 0.29) is 6.03 Å². The Morgan fingerprint density at radius 3 is 2.68 bits per heavy atom. The number of aryl methyl sites for hydroxylation is 1. The minimum Gasteiger partial charge on any atom is -0.334 e. The molecule has 2 aromatic rings. The van der Waals surface area contributed by atoms with E-state index in [2.05, 4.69) is 15.6 Å². The first kappa shape index (κ1) is 13.4. The Labute approximate surface area is 116 Å². The lowest BCUT2D eigenvalue weighted by Gasteiger charge is -2.08. The highest BCUT2D eigenvalue weighted by Crippen LogP contribution is 2.10. The average Bonchev–Trinajstić information content (AvgIpc) is 2.41. The minimum atomic E-state index is -0.281. The van der Waals surface area contributed by atoms with Gasteiger partial charge in [0, 0.05) is 17.8 Å². The topological polar surface area (TPSA) is 54.0 Å². The van der Waals surface area contributed by atoms with Crippen molar-refractivity contribution >= 4 is 23.4 Å². The SMILES string of the molecule is Cc1cccnc1NC(=O)NCc1ccc(Cl)cc1. The maximum Gasteiger partial charge on any atom is 0.320 e. The highest BCUT2D eigenvalue weighted by molar-refractivity contribution is 6.30. The Morgan fingerprint density at radius 1 is 1.26 bits per heavy atom. The van der Waals surface area contributed by atoms with Gasteiger partial charge in [0.15, 0.2) is 0 Å². The number of anilines is 1. The lowest BCUT2D eigenvalue weighted by molar-refractivity contribution is 0.251. The zero-order valence-electron chi connectivity index (χ0n) is 10.5. The molecule has 0 atom stereocenters. The molecule has 2 rings (SSSR count). The van der Waals surface area contributed by atoms with Crippen LogP contribution in [0, 0.1) is 6.92 Å². The molecule has 2 amide bonds. The normalized spacial score (nSPS) is 10.0. The van der Waals surface area contributed by atoms with E-state index < -0.39 is 0 Å². The minimum absolute atomic E-state index is 0.281. The fourth-order valence-corrected chi connectivity index (χ4v) is 1.68. The molecular weight excluding hydrogens is 262 g/mol. The molecule has 19 heavy (non-hydrogen) atoms. The van der Waals surface area contributed by atoms with Crippen LogP contribution in [0.5, 0.6) is 0 Å². The van der Waals surface area contributed by atoms with Crippen LogP contribution in [0.1, 0.15) is 11.1 Å². The molecule has 0 aliphatic heterocycles. The Morgan fingerprint density at radius 2 is 2.00 bits per heavy atom. The Balaban J connectivity index is 1.88. The molecule has 0 saturated heterocycles. The van der Waals surface area contributed by atoms with Crippen molar-refractivity contribution in [2.45, 2.75) is 13.5 Å². The van der Waals surface area contributed by atoms with Gasteiger partial charge < -0.3 is 5.32 Å². The van der Waals surface area contributed by atoms with Gasteiger partial charge in [-0.3, -0.25) is 5.32 Å². The monoisotopic (exact) mass is 275 g/mol. The van der Waals surface area contributed by atoms with Gasteiger partial charge in [-0.15, -0.1) is 0 Å². The number of nitrogens with one attached hydrogen (secondary N) is 2. The molecule has 0 saturated carbocycles. The standard InChI is InChI=1S/C14H14ClN3O/c1-10-3-2-8-16-13(10)18-14(19)17-9-11-4-6-12(15)7-5-11/h2-8H,9H2,1H3,(H2,16,17,18,19). The number of carbonyl (C=O) groups is 1. The second kappa shape index (κ2) is 6.20. The van der Waals surface area contributed by atoms with Gasteiger partial charge in [0.2, 0.25) is 0 Å². The lowest BCUT2D eigenvalue weighted by atomic mass is 10.2. The van der Waals surface area contributed by atoms with Crippen molar-refractivity contribution in [2.24, 2.45) is 0 Å². The van der Waals surface area contributed by atoms with Crippen molar-refractivity contribution in [1.82, 2.24) is 10.3 Å². The van der Waals surface area contributed by atoms with E-state index in [1.165, 1.54) is 0 Å². The number of benzene rings is 1. The summed E-state index contributed by atoms with van der Waals surface area (Å²) in [4.78, 5) is 15.8. The molecule has 98 valence electrons. The number of nitrogens with zero attached hydrogens (tertiary/aromatic N) is 1. The van der Waals surface area contributed by atoms with Crippen LogP contribution in [-0.2, 0) is 6.54 Å². The summed E-state index contributed by atoms with van der Waals surface area (Å²) in [5.41, 5.74) is 1.90. The third-order valence-corrected chi connectivity index (χ3v) is 2.86. The first-order valence-electron chi connectivity index (χ1n) is 5.86. The molecule has 1 aromatic heterocycles. The van der Waals surface area contributed by atoms with Gasteiger partial charge in [-0.2, -0.15) is 0 Å². The number of carbonyl (C=O) groups excluding carboxylic acids is 1. The summed E-state index contributed by atoms with van der Waals surface area (Å²) in [7, 11) is 0. The number of pyridine rings is 1. The Kier molecular flexibility index (Phi) is 4.36. The summed E-state index contributed by atoms with van der Waals surface area (Å²) in [5, 5.41) is 6.14. The van der Waals surface area contributed by atoms with Gasteiger partial charge in [0.25, 0.3) is 0 Å². The zero-order chi connectivity index (χ0) is 13.7. The molecule has 2 N–H and O–H groups in total. The van der Waals surface area contributed by atoms with Crippen molar-refractivity contribution in [2.75, 3.05) is 5.32 Å². The van der Waals surface area contributed by atoms with Gasteiger partial charge in [0.1, 0.15) is 5.82 Å². The van der Waals surface area contributed by atoms with Crippen molar-refractivity contribution < 1.29 is 4.79 Å². The molecule has 0 spiro atoms. The molecule has 1 heterocycles. The summed E-state index contributed by atoms with van der Waals surface area (Å²) >= 11 is 5.79. The van der Waals surface area contributed by atoms with Gasteiger partial charge in [-0.05, 0) is 36.2 Å².